The lowest BCUT2D eigenvalue weighted by Crippen LogP contribution is -2.16. The van der Waals surface area contributed by atoms with Crippen molar-refractivity contribution in [2.45, 2.75) is 0 Å². The molecule has 6 nitrogen and oxygen atoms in total. The van der Waals surface area contributed by atoms with Gasteiger partial charge in [0, 0.05) is 13.2 Å². The van der Waals surface area contributed by atoms with Crippen LogP contribution in [0.15, 0.2) is 24.4 Å². The van der Waals surface area contributed by atoms with Gasteiger partial charge in [-0.2, -0.15) is 5.10 Å². The van der Waals surface area contributed by atoms with Gasteiger partial charge >= 0.3 is 5.97 Å². The number of anilines is 1. The summed E-state index contributed by atoms with van der Waals surface area (Å²) < 4.78 is 1.45. The van der Waals surface area contributed by atoms with Crippen molar-refractivity contribution in [1.29, 1.82) is 0 Å². The Kier molecular flexibility index (Phi) is 3.96. The number of nitrogens with zero attached hydrogens (tertiary/aromatic N) is 2. The molecule has 104 valence electrons. The second-order valence-corrected chi connectivity index (χ2v) is 4.73. The lowest BCUT2D eigenvalue weighted by atomic mass is 10.1. The molecule has 1 aromatic heterocycles. The van der Waals surface area contributed by atoms with Crippen LogP contribution in [0.5, 0.6) is 0 Å². The average Bonchev–Trinajstić information content (AvgIpc) is 2.80. The molecule has 0 aliphatic carbocycles. The fourth-order valence-electron chi connectivity index (χ4n) is 1.60. The van der Waals surface area contributed by atoms with Crippen LogP contribution in [0.1, 0.15) is 20.8 Å². The summed E-state index contributed by atoms with van der Waals surface area (Å²) in [6, 6.07) is 4.25. The van der Waals surface area contributed by atoms with Gasteiger partial charge in [0.25, 0.3) is 5.91 Å². The number of halogens is 2. The van der Waals surface area contributed by atoms with Crippen LogP contribution in [0.25, 0.3) is 0 Å². The van der Waals surface area contributed by atoms with E-state index in [1.807, 2.05) is 0 Å². The molecule has 0 bridgehead atoms. The Balaban J connectivity index is 2.41. The van der Waals surface area contributed by atoms with E-state index in [-0.39, 0.29) is 27.0 Å². The third kappa shape index (κ3) is 2.76. The van der Waals surface area contributed by atoms with Crippen LogP contribution < -0.4 is 5.32 Å². The van der Waals surface area contributed by atoms with E-state index in [1.165, 1.54) is 22.9 Å². The largest absolute Gasteiger partial charge is 0.478 e. The van der Waals surface area contributed by atoms with Gasteiger partial charge < -0.3 is 10.4 Å². The molecule has 1 heterocycles. The maximum atomic E-state index is 12.0. The molecule has 0 fully saturated rings. The minimum absolute atomic E-state index is 0.0155. The number of aromatic carboxylic acids is 1. The summed E-state index contributed by atoms with van der Waals surface area (Å²) in [6.07, 6.45) is 1.59. The summed E-state index contributed by atoms with van der Waals surface area (Å²) in [7, 11) is 1.66. The molecule has 0 aliphatic rings. The Bertz CT molecular complexity index is 697. The second-order valence-electron chi connectivity index (χ2n) is 3.91. The van der Waals surface area contributed by atoms with Crippen LogP contribution in [0.4, 0.5) is 5.69 Å². The number of carboxylic acids is 1. The molecule has 2 N–H and O–H groups in total. The predicted octanol–water partition coefficient (Wildman–Crippen LogP) is 2.68. The molecule has 8 heteroatoms. The van der Waals surface area contributed by atoms with Crippen molar-refractivity contribution in [3.63, 3.8) is 0 Å². The van der Waals surface area contributed by atoms with Gasteiger partial charge in [0.1, 0.15) is 5.56 Å². The van der Waals surface area contributed by atoms with Gasteiger partial charge in [0.2, 0.25) is 0 Å². The van der Waals surface area contributed by atoms with E-state index in [1.54, 1.807) is 13.2 Å². The lowest BCUT2D eigenvalue weighted by molar-refractivity contribution is 0.0698. The van der Waals surface area contributed by atoms with E-state index in [9.17, 15) is 9.59 Å². The predicted molar refractivity (Wildman–Crippen MR) is 74.6 cm³/mol. The Morgan fingerprint density at radius 3 is 2.45 bits per heavy atom. The number of rotatable bonds is 3. The molecular weight excluding hydrogens is 305 g/mol. The van der Waals surface area contributed by atoms with Crippen LogP contribution in [0.3, 0.4) is 0 Å². The smallest absolute Gasteiger partial charge is 0.339 e. The molecule has 0 unspecified atom stereocenters. The molecule has 0 radical (unpaired) electrons. The summed E-state index contributed by atoms with van der Waals surface area (Å²) in [5.74, 6) is -1.86. The van der Waals surface area contributed by atoms with Gasteiger partial charge in [-0.05, 0) is 18.2 Å². The third-order valence-electron chi connectivity index (χ3n) is 2.50. The van der Waals surface area contributed by atoms with E-state index in [2.05, 4.69) is 10.4 Å². The van der Waals surface area contributed by atoms with Crippen molar-refractivity contribution in [3.05, 3.63) is 45.7 Å². The van der Waals surface area contributed by atoms with Gasteiger partial charge in [-0.3, -0.25) is 9.48 Å². The minimum Gasteiger partial charge on any atom is -0.478 e. The Morgan fingerprint density at radius 2 is 1.90 bits per heavy atom. The van der Waals surface area contributed by atoms with E-state index >= 15 is 0 Å². The van der Waals surface area contributed by atoms with Crippen molar-refractivity contribution in [1.82, 2.24) is 9.78 Å². The first kappa shape index (κ1) is 14.4. The topological polar surface area (TPSA) is 84.2 Å². The van der Waals surface area contributed by atoms with Crippen LogP contribution in [-0.4, -0.2) is 26.8 Å². The second kappa shape index (κ2) is 5.52. The van der Waals surface area contributed by atoms with Crippen LogP contribution in [-0.2, 0) is 7.05 Å². The first-order chi connectivity index (χ1) is 9.40. The number of amides is 1. The molecular formula is C12H9Cl2N3O3. The SMILES string of the molecule is Cn1ccc(C(=O)Nc2c(Cl)ccc(Cl)c2C(=O)O)n1. The monoisotopic (exact) mass is 313 g/mol. The van der Waals surface area contributed by atoms with E-state index < -0.39 is 11.9 Å². The number of hydrogen-bond acceptors (Lipinski definition) is 3. The minimum atomic E-state index is -1.28. The maximum absolute atomic E-state index is 12.0. The fourth-order valence-corrected chi connectivity index (χ4v) is 2.04. The first-order valence-corrected chi connectivity index (χ1v) is 6.18. The summed E-state index contributed by atoms with van der Waals surface area (Å²) in [5, 5.41) is 15.5. The highest BCUT2D eigenvalue weighted by atomic mass is 35.5. The first-order valence-electron chi connectivity index (χ1n) is 5.42. The fraction of sp³-hybridized carbons (Fsp3) is 0.0833. The molecule has 0 atom stereocenters. The zero-order chi connectivity index (χ0) is 14.9. The molecule has 0 spiro atoms. The van der Waals surface area contributed by atoms with Gasteiger partial charge in [0.05, 0.1) is 15.7 Å². The highest BCUT2D eigenvalue weighted by Crippen LogP contribution is 2.32. The summed E-state index contributed by atoms with van der Waals surface area (Å²) in [5.41, 5.74) is -0.175. The van der Waals surface area contributed by atoms with E-state index in [4.69, 9.17) is 28.3 Å². The van der Waals surface area contributed by atoms with Crippen molar-refractivity contribution >= 4 is 40.8 Å². The van der Waals surface area contributed by atoms with Gasteiger partial charge in [-0.15, -0.1) is 0 Å². The van der Waals surface area contributed by atoms with Gasteiger partial charge in [0.15, 0.2) is 5.69 Å². The van der Waals surface area contributed by atoms with E-state index in [0.717, 1.165) is 0 Å². The highest BCUT2D eigenvalue weighted by molar-refractivity contribution is 6.38. The number of nitrogens with one attached hydrogen (secondary N) is 1. The third-order valence-corrected chi connectivity index (χ3v) is 3.13. The van der Waals surface area contributed by atoms with Gasteiger partial charge in [-0.1, -0.05) is 23.2 Å². The van der Waals surface area contributed by atoms with Crippen LogP contribution >= 0.6 is 23.2 Å². The molecule has 0 aliphatic heterocycles. The van der Waals surface area contributed by atoms with Gasteiger partial charge in [-0.25, -0.2) is 4.79 Å². The molecule has 2 rings (SSSR count). The Morgan fingerprint density at radius 1 is 1.25 bits per heavy atom. The zero-order valence-electron chi connectivity index (χ0n) is 10.2. The normalized spacial score (nSPS) is 10.3. The molecule has 0 saturated heterocycles. The molecule has 1 amide bonds. The standard InChI is InChI=1S/C12H9Cl2N3O3/c1-17-5-4-8(16-17)11(18)15-10-7(14)3-2-6(13)9(10)12(19)20/h2-5H,1H3,(H,15,18)(H,19,20). The Hall–Kier alpha value is -2.05. The van der Waals surface area contributed by atoms with Crippen LogP contribution in [0.2, 0.25) is 10.0 Å². The number of carbonyl (C=O) groups excluding carboxylic acids is 1. The van der Waals surface area contributed by atoms with Crippen molar-refractivity contribution in [2.75, 3.05) is 5.32 Å². The maximum Gasteiger partial charge on any atom is 0.339 e. The zero-order valence-corrected chi connectivity index (χ0v) is 11.7. The summed E-state index contributed by atoms with van der Waals surface area (Å²) in [6.45, 7) is 0. The number of aryl methyl sites for hydroxylation is 1. The molecule has 20 heavy (non-hydrogen) atoms. The summed E-state index contributed by atoms with van der Waals surface area (Å²) >= 11 is 11.7. The van der Waals surface area contributed by atoms with E-state index in [0.29, 0.717) is 0 Å². The van der Waals surface area contributed by atoms with Crippen molar-refractivity contribution in [3.8, 4) is 0 Å². The number of carbonyl (C=O) groups is 2. The van der Waals surface area contributed by atoms with Crippen LogP contribution in [0, 0.1) is 0 Å². The molecule has 1 aromatic carbocycles. The number of benzene rings is 1. The number of aromatic nitrogens is 2. The van der Waals surface area contributed by atoms with Crippen molar-refractivity contribution < 1.29 is 14.7 Å². The Labute approximate surface area is 123 Å². The average molecular weight is 314 g/mol. The molecule has 2 aromatic rings. The quantitative estimate of drug-likeness (QED) is 0.912. The highest BCUT2D eigenvalue weighted by Gasteiger charge is 2.20. The van der Waals surface area contributed by atoms with Crippen molar-refractivity contribution in [2.24, 2.45) is 7.05 Å². The molecule has 0 saturated carbocycles. The lowest BCUT2D eigenvalue weighted by Gasteiger charge is -2.10. The number of carboxylic acid groups (broad SMARTS) is 1. The number of hydrogen-bond donors (Lipinski definition) is 2. The summed E-state index contributed by atoms with van der Waals surface area (Å²) in [4.78, 5) is 23.2.